The summed E-state index contributed by atoms with van der Waals surface area (Å²) in [6.45, 7) is 6.75. The molecule has 4 rings (SSSR count). The molecule has 1 N–H and O–H groups in total. The molecule has 0 aliphatic heterocycles. The number of fused-ring (bicyclic) bond motifs is 1. The Morgan fingerprint density at radius 1 is 1.10 bits per heavy atom. The summed E-state index contributed by atoms with van der Waals surface area (Å²) in [6, 6.07) is 18.2. The first kappa shape index (κ1) is 19.5. The molecular formula is C23H24N4OS. The van der Waals surface area contributed by atoms with Crippen molar-refractivity contribution < 1.29 is 4.79 Å². The van der Waals surface area contributed by atoms with Gasteiger partial charge in [-0.25, -0.2) is 0 Å². The van der Waals surface area contributed by atoms with Gasteiger partial charge in [0.15, 0.2) is 10.9 Å². The summed E-state index contributed by atoms with van der Waals surface area (Å²) >= 11 is 1.48. The molecule has 2 heterocycles. The van der Waals surface area contributed by atoms with Crippen molar-refractivity contribution in [2.75, 3.05) is 0 Å². The molecule has 4 aromatic rings. The summed E-state index contributed by atoms with van der Waals surface area (Å²) in [5, 5.41) is 10.3. The number of nitrogens with zero attached hydrogens (tertiary/aromatic N) is 3. The Hall–Kier alpha value is -2.86. The molecule has 1 atom stereocenters. The second kappa shape index (κ2) is 8.25. The second-order valence-electron chi connectivity index (χ2n) is 7.10. The highest BCUT2D eigenvalue weighted by molar-refractivity contribution is 8.00. The molecule has 5 nitrogen and oxygen atoms in total. The van der Waals surface area contributed by atoms with Crippen molar-refractivity contribution in [3.05, 3.63) is 77.2 Å². The standard InChI is InChI=1S/C23H24N4OS/c1-4-27-20(14-17-10-6-5-7-11-17)25-26-23(27)29-16(3)22(28)21-15(2)24-19-13-9-8-12-18(19)21/h5-13,16,24H,4,14H2,1-3H3/t16-/m1/s1. The van der Waals surface area contributed by atoms with Gasteiger partial charge >= 0.3 is 0 Å². The Labute approximate surface area is 174 Å². The number of H-pyrrole nitrogens is 1. The summed E-state index contributed by atoms with van der Waals surface area (Å²) in [5.74, 6) is 1.03. The van der Waals surface area contributed by atoms with Gasteiger partial charge in [0.05, 0.1) is 5.25 Å². The highest BCUT2D eigenvalue weighted by Crippen LogP contribution is 2.30. The average molecular weight is 405 g/mol. The number of para-hydroxylation sites is 1. The minimum atomic E-state index is -0.257. The lowest BCUT2D eigenvalue weighted by atomic mass is 10.1. The minimum Gasteiger partial charge on any atom is -0.358 e. The summed E-state index contributed by atoms with van der Waals surface area (Å²) in [5.41, 5.74) is 3.87. The topological polar surface area (TPSA) is 63.6 Å². The van der Waals surface area contributed by atoms with Crippen LogP contribution in [0.25, 0.3) is 10.9 Å². The van der Waals surface area contributed by atoms with Crippen LogP contribution in [0.15, 0.2) is 59.8 Å². The lowest BCUT2D eigenvalue weighted by Crippen LogP contribution is -2.15. The number of aryl methyl sites for hydroxylation is 1. The Morgan fingerprint density at radius 3 is 2.59 bits per heavy atom. The average Bonchev–Trinajstić information content (AvgIpc) is 3.27. The van der Waals surface area contributed by atoms with Crippen LogP contribution in [0.4, 0.5) is 0 Å². The predicted octanol–water partition coefficient (Wildman–Crippen LogP) is 5.04. The molecule has 0 unspecified atom stereocenters. The number of nitrogens with one attached hydrogen (secondary N) is 1. The first-order valence-electron chi connectivity index (χ1n) is 9.82. The van der Waals surface area contributed by atoms with Gasteiger partial charge in [0.2, 0.25) is 0 Å². The summed E-state index contributed by atoms with van der Waals surface area (Å²) in [6.07, 6.45) is 0.728. The number of carbonyl (C=O) groups excluding carboxylic acids is 1. The quantitative estimate of drug-likeness (QED) is 0.346. The molecule has 0 fully saturated rings. The number of carbonyl (C=O) groups is 1. The third kappa shape index (κ3) is 3.85. The first-order chi connectivity index (χ1) is 14.1. The SMILES string of the molecule is CCn1c(Cc2ccccc2)nnc1S[C@H](C)C(=O)c1c(C)[nH]c2ccccc12. The molecule has 0 aliphatic carbocycles. The van der Waals surface area contributed by atoms with E-state index in [-0.39, 0.29) is 11.0 Å². The van der Waals surface area contributed by atoms with E-state index in [0.717, 1.165) is 46.1 Å². The van der Waals surface area contributed by atoms with E-state index in [1.165, 1.54) is 17.3 Å². The number of aromatic amines is 1. The number of hydrogen-bond acceptors (Lipinski definition) is 4. The van der Waals surface area contributed by atoms with Crippen molar-refractivity contribution in [1.29, 1.82) is 0 Å². The van der Waals surface area contributed by atoms with Gasteiger partial charge in [0.25, 0.3) is 0 Å². The van der Waals surface area contributed by atoms with E-state index in [1.807, 2.05) is 56.3 Å². The van der Waals surface area contributed by atoms with Gasteiger partial charge in [-0.2, -0.15) is 0 Å². The molecule has 2 aromatic heterocycles. The molecule has 0 amide bonds. The molecule has 2 aromatic carbocycles. The van der Waals surface area contributed by atoms with Gasteiger partial charge in [0, 0.05) is 35.1 Å². The fourth-order valence-corrected chi connectivity index (χ4v) is 4.63. The normalized spacial score (nSPS) is 12.4. The Kier molecular flexibility index (Phi) is 5.53. The third-order valence-corrected chi connectivity index (χ3v) is 6.19. The third-order valence-electron chi connectivity index (χ3n) is 5.11. The van der Waals surface area contributed by atoms with Gasteiger partial charge in [0.1, 0.15) is 5.82 Å². The van der Waals surface area contributed by atoms with E-state index in [2.05, 4.69) is 38.8 Å². The smallest absolute Gasteiger partial charge is 0.191 e. The van der Waals surface area contributed by atoms with Gasteiger partial charge in [-0.1, -0.05) is 60.3 Å². The second-order valence-corrected chi connectivity index (χ2v) is 8.41. The molecule has 148 valence electrons. The van der Waals surface area contributed by atoms with Crippen LogP contribution in [0.5, 0.6) is 0 Å². The summed E-state index contributed by atoms with van der Waals surface area (Å²) < 4.78 is 2.10. The molecular weight excluding hydrogens is 380 g/mol. The van der Waals surface area contributed by atoms with Gasteiger partial charge in [-0.15, -0.1) is 10.2 Å². The van der Waals surface area contributed by atoms with Crippen molar-refractivity contribution in [1.82, 2.24) is 19.7 Å². The van der Waals surface area contributed by atoms with Crippen molar-refractivity contribution in [2.45, 2.75) is 44.1 Å². The van der Waals surface area contributed by atoms with E-state index < -0.39 is 0 Å². The Balaban J connectivity index is 1.57. The zero-order chi connectivity index (χ0) is 20.4. The lowest BCUT2D eigenvalue weighted by Gasteiger charge is -2.12. The first-order valence-corrected chi connectivity index (χ1v) is 10.7. The van der Waals surface area contributed by atoms with Crippen LogP contribution >= 0.6 is 11.8 Å². The maximum Gasteiger partial charge on any atom is 0.191 e. The van der Waals surface area contributed by atoms with Gasteiger partial charge in [-0.3, -0.25) is 4.79 Å². The zero-order valence-corrected chi connectivity index (χ0v) is 17.7. The largest absolute Gasteiger partial charge is 0.358 e. The number of benzene rings is 2. The highest BCUT2D eigenvalue weighted by Gasteiger charge is 2.24. The van der Waals surface area contributed by atoms with Crippen LogP contribution in [0.3, 0.4) is 0 Å². The van der Waals surface area contributed by atoms with Gasteiger partial charge < -0.3 is 9.55 Å². The molecule has 0 spiro atoms. The van der Waals surface area contributed by atoms with E-state index in [4.69, 9.17) is 0 Å². The molecule has 0 saturated carbocycles. The van der Waals surface area contributed by atoms with E-state index in [9.17, 15) is 4.79 Å². The molecule has 29 heavy (non-hydrogen) atoms. The van der Waals surface area contributed by atoms with Crippen molar-refractivity contribution in [3.8, 4) is 0 Å². The number of rotatable bonds is 7. The monoisotopic (exact) mass is 404 g/mol. The number of aromatic nitrogens is 4. The van der Waals surface area contributed by atoms with Crippen molar-refractivity contribution in [2.24, 2.45) is 0 Å². The molecule has 6 heteroatoms. The maximum atomic E-state index is 13.2. The van der Waals surface area contributed by atoms with Crippen LogP contribution in [0.1, 0.15) is 41.3 Å². The van der Waals surface area contributed by atoms with Crippen molar-refractivity contribution in [3.63, 3.8) is 0 Å². The lowest BCUT2D eigenvalue weighted by molar-refractivity contribution is 0.0995. The number of thioether (sulfide) groups is 1. The molecule has 0 aliphatic rings. The van der Waals surface area contributed by atoms with Crippen LogP contribution in [0.2, 0.25) is 0 Å². The van der Waals surface area contributed by atoms with Crippen LogP contribution in [-0.2, 0) is 13.0 Å². The Morgan fingerprint density at radius 2 is 1.83 bits per heavy atom. The number of ketones is 1. The fraction of sp³-hybridized carbons (Fsp3) is 0.261. The van der Waals surface area contributed by atoms with Crippen LogP contribution in [0, 0.1) is 6.92 Å². The maximum absolute atomic E-state index is 13.2. The highest BCUT2D eigenvalue weighted by atomic mass is 32.2. The predicted molar refractivity (Wildman–Crippen MR) is 118 cm³/mol. The molecule has 0 radical (unpaired) electrons. The molecule has 0 saturated heterocycles. The molecule has 0 bridgehead atoms. The van der Waals surface area contributed by atoms with Crippen LogP contribution in [-0.4, -0.2) is 30.8 Å². The summed E-state index contributed by atoms with van der Waals surface area (Å²) in [4.78, 5) is 16.6. The van der Waals surface area contributed by atoms with Crippen molar-refractivity contribution >= 4 is 28.4 Å². The van der Waals surface area contributed by atoms with Crippen LogP contribution < -0.4 is 0 Å². The van der Waals surface area contributed by atoms with E-state index >= 15 is 0 Å². The number of hydrogen-bond donors (Lipinski definition) is 1. The van der Waals surface area contributed by atoms with Gasteiger partial charge in [-0.05, 0) is 32.4 Å². The van der Waals surface area contributed by atoms with E-state index in [0.29, 0.717) is 0 Å². The van der Waals surface area contributed by atoms with E-state index in [1.54, 1.807) is 0 Å². The Bertz CT molecular complexity index is 1150. The number of Topliss-reactive ketones (excluding diaryl/α,β-unsaturated/α-hetero) is 1. The summed E-state index contributed by atoms with van der Waals surface area (Å²) in [7, 11) is 0. The fourth-order valence-electron chi connectivity index (χ4n) is 3.64. The minimum absolute atomic E-state index is 0.111. The zero-order valence-electron chi connectivity index (χ0n) is 16.8.